The summed E-state index contributed by atoms with van der Waals surface area (Å²) in [7, 11) is 0. The highest BCUT2D eigenvalue weighted by atomic mass is 16.4. The van der Waals surface area contributed by atoms with Gasteiger partial charge in [-0.05, 0) is 25.5 Å². The largest absolute Gasteiger partial charge is 0.481 e. The van der Waals surface area contributed by atoms with Crippen molar-refractivity contribution in [1.82, 2.24) is 4.98 Å². The topological polar surface area (TPSA) is 63.3 Å². The molecule has 2 aromatic rings. The van der Waals surface area contributed by atoms with Crippen molar-refractivity contribution in [3.05, 3.63) is 52.7 Å². The maximum absolute atomic E-state index is 10.6. The Morgan fingerprint density at radius 2 is 2.16 bits per heavy atom. The van der Waals surface area contributed by atoms with E-state index in [0.717, 1.165) is 5.56 Å². The summed E-state index contributed by atoms with van der Waals surface area (Å²) in [4.78, 5) is 14.8. The summed E-state index contributed by atoms with van der Waals surface area (Å²) in [6.07, 6.45) is 3.52. The molecule has 0 saturated heterocycles. The van der Waals surface area contributed by atoms with Crippen LogP contribution in [0.5, 0.6) is 0 Å². The molecule has 1 aromatic carbocycles. The summed E-state index contributed by atoms with van der Waals surface area (Å²) in [5.74, 6) is 0.0622. The van der Waals surface area contributed by atoms with E-state index in [1.807, 2.05) is 37.3 Å². The third-order valence-corrected chi connectivity index (χ3v) is 2.69. The number of hydrogen-bond donors (Lipinski definition) is 1. The molecule has 1 N–H and O–H groups in total. The highest BCUT2D eigenvalue weighted by molar-refractivity contribution is 5.70. The lowest BCUT2D eigenvalue weighted by molar-refractivity contribution is -0.136. The van der Waals surface area contributed by atoms with Crippen molar-refractivity contribution in [2.45, 2.75) is 20.3 Å². The molecule has 0 aliphatic rings. The van der Waals surface area contributed by atoms with E-state index in [4.69, 9.17) is 9.52 Å². The molecule has 0 amide bonds. The van der Waals surface area contributed by atoms with Gasteiger partial charge in [-0.2, -0.15) is 0 Å². The van der Waals surface area contributed by atoms with Crippen LogP contribution >= 0.6 is 0 Å². The molecule has 0 saturated carbocycles. The zero-order valence-electron chi connectivity index (χ0n) is 10.9. The highest BCUT2D eigenvalue weighted by Crippen LogP contribution is 2.14. The van der Waals surface area contributed by atoms with E-state index in [1.165, 1.54) is 5.56 Å². The van der Waals surface area contributed by atoms with Gasteiger partial charge in [0.2, 0.25) is 5.89 Å². The molecule has 98 valence electrons. The van der Waals surface area contributed by atoms with Crippen LogP contribution in [-0.2, 0) is 11.2 Å². The van der Waals surface area contributed by atoms with Gasteiger partial charge in [-0.25, -0.2) is 4.98 Å². The molecule has 4 heteroatoms. The average molecular weight is 257 g/mol. The summed E-state index contributed by atoms with van der Waals surface area (Å²) in [6.45, 7) is 3.74. The molecule has 1 heterocycles. The van der Waals surface area contributed by atoms with Crippen LogP contribution in [0.25, 0.3) is 12.2 Å². The van der Waals surface area contributed by atoms with Crippen molar-refractivity contribution < 1.29 is 14.3 Å². The van der Waals surface area contributed by atoms with Crippen LogP contribution in [0.15, 0.2) is 28.7 Å². The van der Waals surface area contributed by atoms with Gasteiger partial charge in [-0.1, -0.05) is 29.8 Å². The number of rotatable bonds is 4. The Kier molecular flexibility index (Phi) is 3.80. The lowest BCUT2D eigenvalue weighted by Gasteiger charge is -1.94. The van der Waals surface area contributed by atoms with Crippen LogP contribution in [0.3, 0.4) is 0 Å². The van der Waals surface area contributed by atoms with Crippen molar-refractivity contribution >= 4 is 18.1 Å². The number of aromatic nitrogens is 1. The predicted octanol–water partition coefficient (Wildman–Crippen LogP) is 3.09. The molecule has 2 rings (SSSR count). The number of nitrogens with zero attached hydrogens (tertiary/aromatic N) is 1. The Morgan fingerprint density at radius 1 is 1.37 bits per heavy atom. The Balaban J connectivity index is 2.17. The number of carbonyl (C=O) groups is 1. The van der Waals surface area contributed by atoms with Crippen molar-refractivity contribution in [3.8, 4) is 0 Å². The quantitative estimate of drug-likeness (QED) is 0.914. The van der Waals surface area contributed by atoms with Crippen LogP contribution in [0.2, 0.25) is 0 Å². The number of oxazole rings is 1. The minimum absolute atomic E-state index is 0.117. The SMILES string of the molecule is Cc1cccc(/C=C/c2nc(CC(=O)O)c(C)o2)c1. The first-order valence-corrected chi connectivity index (χ1v) is 5.97. The first kappa shape index (κ1) is 13.1. The van der Waals surface area contributed by atoms with Crippen LogP contribution in [0.4, 0.5) is 0 Å². The van der Waals surface area contributed by atoms with E-state index in [0.29, 0.717) is 17.3 Å². The second kappa shape index (κ2) is 5.52. The highest BCUT2D eigenvalue weighted by Gasteiger charge is 2.10. The molecule has 4 nitrogen and oxygen atoms in total. The number of aliphatic carboxylic acids is 1. The third-order valence-electron chi connectivity index (χ3n) is 2.69. The average Bonchev–Trinajstić information content (AvgIpc) is 2.67. The number of carboxylic acids is 1. The first-order chi connectivity index (χ1) is 9.04. The lowest BCUT2D eigenvalue weighted by Crippen LogP contribution is -2.01. The van der Waals surface area contributed by atoms with E-state index in [2.05, 4.69) is 4.98 Å². The maximum atomic E-state index is 10.6. The van der Waals surface area contributed by atoms with E-state index < -0.39 is 5.97 Å². The van der Waals surface area contributed by atoms with Crippen LogP contribution in [0, 0.1) is 13.8 Å². The van der Waals surface area contributed by atoms with Crippen molar-refractivity contribution in [3.63, 3.8) is 0 Å². The van der Waals surface area contributed by atoms with Gasteiger partial charge in [0.15, 0.2) is 0 Å². The minimum atomic E-state index is -0.911. The molecular weight excluding hydrogens is 242 g/mol. The predicted molar refractivity (Wildman–Crippen MR) is 72.7 cm³/mol. The van der Waals surface area contributed by atoms with Crippen molar-refractivity contribution in [2.75, 3.05) is 0 Å². The third kappa shape index (κ3) is 3.55. The standard InChI is InChI=1S/C15H15NO3/c1-10-4-3-5-12(8-10)6-7-14-16-13(9-15(17)18)11(2)19-14/h3-8H,9H2,1-2H3,(H,17,18)/b7-6+. The van der Waals surface area contributed by atoms with Gasteiger partial charge in [-0.3, -0.25) is 4.79 Å². The molecule has 0 unspecified atom stereocenters. The number of benzene rings is 1. The summed E-state index contributed by atoms with van der Waals surface area (Å²) in [6, 6.07) is 8.03. The van der Waals surface area contributed by atoms with Gasteiger partial charge in [0.05, 0.1) is 12.1 Å². The normalized spacial score (nSPS) is 11.1. The molecule has 0 aliphatic heterocycles. The Hall–Kier alpha value is -2.36. The number of aryl methyl sites for hydroxylation is 2. The van der Waals surface area contributed by atoms with Crippen molar-refractivity contribution in [2.24, 2.45) is 0 Å². The van der Waals surface area contributed by atoms with Gasteiger partial charge in [0.25, 0.3) is 0 Å². The summed E-state index contributed by atoms with van der Waals surface area (Å²) in [5, 5.41) is 8.74. The van der Waals surface area contributed by atoms with Gasteiger partial charge < -0.3 is 9.52 Å². The Morgan fingerprint density at radius 3 is 2.84 bits per heavy atom. The first-order valence-electron chi connectivity index (χ1n) is 5.97. The lowest BCUT2D eigenvalue weighted by atomic mass is 10.1. The Bertz CT molecular complexity index is 626. The zero-order chi connectivity index (χ0) is 13.8. The van der Waals surface area contributed by atoms with Gasteiger partial charge >= 0.3 is 5.97 Å². The summed E-state index contributed by atoms with van der Waals surface area (Å²) < 4.78 is 5.41. The second-order valence-electron chi connectivity index (χ2n) is 4.37. The van der Waals surface area contributed by atoms with Crippen molar-refractivity contribution in [1.29, 1.82) is 0 Å². The fraction of sp³-hybridized carbons (Fsp3) is 0.200. The molecule has 1 aromatic heterocycles. The van der Waals surface area contributed by atoms with Crippen LogP contribution in [0.1, 0.15) is 28.5 Å². The maximum Gasteiger partial charge on any atom is 0.309 e. The molecule has 19 heavy (non-hydrogen) atoms. The van der Waals surface area contributed by atoms with E-state index in [1.54, 1.807) is 13.0 Å². The summed E-state index contributed by atoms with van der Waals surface area (Å²) >= 11 is 0. The molecule has 0 spiro atoms. The summed E-state index contributed by atoms with van der Waals surface area (Å²) in [5.41, 5.74) is 2.70. The van der Waals surface area contributed by atoms with Gasteiger partial charge in [0, 0.05) is 6.08 Å². The molecule has 0 aliphatic carbocycles. The Labute approximate surface area is 111 Å². The molecule has 0 radical (unpaired) electrons. The molecule has 0 fully saturated rings. The van der Waals surface area contributed by atoms with Crippen LogP contribution < -0.4 is 0 Å². The molecule has 0 bridgehead atoms. The van der Waals surface area contributed by atoms with Gasteiger partial charge in [0.1, 0.15) is 5.76 Å². The fourth-order valence-corrected chi connectivity index (χ4v) is 1.77. The minimum Gasteiger partial charge on any atom is -0.481 e. The van der Waals surface area contributed by atoms with E-state index in [-0.39, 0.29) is 6.42 Å². The second-order valence-corrected chi connectivity index (χ2v) is 4.37. The molecular formula is C15H15NO3. The fourth-order valence-electron chi connectivity index (χ4n) is 1.77. The number of carboxylic acid groups (broad SMARTS) is 1. The number of hydrogen-bond acceptors (Lipinski definition) is 3. The van der Waals surface area contributed by atoms with E-state index in [9.17, 15) is 4.79 Å². The zero-order valence-corrected chi connectivity index (χ0v) is 10.9. The monoisotopic (exact) mass is 257 g/mol. The van der Waals surface area contributed by atoms with Gasteiger partial charge in [-0.15, -0.1) is 0 Å². The smallest absolute Gasteiger partial charge is 0.309 e. The van der Waals surface area contributed by atoms with Crippen LogP contribution in [-0.4, -0.2) is 16.1 Å². The molecule has 0 atom stereocenters. The van der Waals surface area contributed by atoms with E-state index >= 15 is 0 Å².